The zero-order valence-electron chi connectivity index (χ0n) is 7.13. The highest BCUT2D eigenvalue weighted by atomic mass is 16.1. The van der Waals surface area contributed by atoms with E-state index in [1.54, 1.807) is 6.07 Å². The molecule has 1 aliphatic rings. The van der Waals surface area contributed by atoms with Crippen molar-refractivity contribution in [3.8, 4) is 0 Å². The van der Waals surface area contributed by atoms with Crippen molar-refractivity contribution in [1.82, 2.24) is 10.2 Å². The number of H-pyrrole nitrogens is 1. The third kappa shape index (κ3) is 1.15. The van der Waals surface area contributed by atoms with Crippen LogP contribution in [0.2, 0.25) is 0 Å². The van der Waals surface area contributed by atoms with E-state index < -0.39 is 0 Å². The van der Waals surface area contributed by atoms with Gasteiger partial charge in [0.05, 0.1) is 5.69 Å². The number of rotatable bonds is 0. The molecule has 3 nitrogen and oxygen atoms in total. The quantitative estimate of drug-likeness (QED) is 0.626. The molecule has 0 bridgehead atoms. The monoisotopic (exact) mass is 164 g/mol. The van der Waals surface area contributed by atoms with Crippen LogP contribution in [0.3, 0.4) is 0 Å². The number of aromatic amines is 1. The second-order valence-corrected chi connectivity index (χ2v) is 3.43. The van der Waals surface area contributed by atoms with Gasteiger partial charge in [0, 0.05) is 6.07 Å². The topological polar surface area (TPSA) is 45.8 Å². The van der Waals surface area contributed by atoms with E-state index in [9.17, 15) is 4.79 Å². The Hall–Kier alpha value is -1.12. The highest BCUT2D eigenvalue weighted by Gasteiger charge is 2.17. The van der Waals surface area contributed by atoms with E-state index in [1.807, 2.05) is 0 Å². The van der Waals surface area contributed by atoms with Crippen LogP contribution < -0.4 is 5.56 Å². The highest BCUT2D eigenvalue weighted by molar-refractivity contribution is 5.23. The van der Waals surface area contributed by atoms with E-state index in [0.29, 0.717) is 5.92 Å². The van der Waals surface area contributed by atoms with E-state index >= 15 is 0 Å². The smallest absolute Gasteiger partial charge is 0.264 e. The summed E-state index contributed by atoms with van der Waals surface area (Å²) in [5.74, 6) is 0.503. The largest absolute Gasteiger partial charge is 0.268 e. The molecule has 1 unspecified atom stereocenters. The van der Waals surface area contributed by atoms with Gasteiger partial charge in [0.15, 0.2) is 0 Å². The van der Waals surface area contributed by atoms with Crippen molar-refractivity contribution < 1.29 is 0 Å². The third-order valence-electron chi connectivity index (χ3n) is 2.50. The number of nitrogens with zero attached hydrogens (tertiary/aromatic N) is 1. The molecule has 1 N–H and O–H groups in total. The van der Waals surface area contributed by atoms with Crippen LogP contribution in [-0.2, 0) is 6.42 Å². The van der Waals surface area contributed by atoms with Gasteiger partial charge in [-0.15, -0.1) is 0 Å². The Labute approximate surface area is 70.8 Å². The van der Waals surface area contributed by atoms with Gasteiger partial charge in [-0.1, -0.05) is 6.92 Å². The first-order valence-corrected chi connectivity index (χ1v) is 4.36. The van der Waals surface area contributed by atoms with Crippen LogP contribution in [0.4, 0.5) is 0 Å². The van der Waals surface area contributed by atoms with E-state index in [-0.39, 0.29) is 5.56 Å². The molecule has 64 valence electrons. The van der Waals surface area contributed by atoms with Crippen molar-refractivity contribution in [2.75, 3.05) is 0 Å². The third-order valence-corrected chi connectivity index (χ3v) is 2.50. The zero-order chi connectivity index (χ0) is 8.55. The maximum absolute atomic E-state index is 11.0. The number of aryl methyl sites for hydroxylation is 1. The van der Waals surface area contributed by atoms with Gasteiger partial charge >= 0.3 is 0 Å². The number of hydrogen-bond acceptors (Lipinski definition) is 2. The minimum absolute atomic E-state index is 0.0810. The van der Waals surface area contributed by atoms with Crippen molar-refractivity contribution in [3.05, 3.63) is 27.7 Å². The van der Waals surface area contributed by atoms with Crippen LogP contribution in [-0.4, -0.2) is 10.2 Å². The first-order chi connectivity index (χ1) is 5.77. The fraction of sp³-hybridized carbons (Fsp3) is 0.556. The number of nitrogens with one attached hydrogen (secondary N) is 1. The predicted octanol–water partition coefficient (Wildman–Crippen LogP) is 1.21. The maximum Gasteiger partial charge on any atom is 0.264 e. The molecule has 0 spiro atoms. The summed E-state index contributed by atoms with van der Waals surface area (Å²) in [4.78, 5) is 11.0. The molecular formula is C9H12N2O. The SMILES string of the molecule is CC1CCCc2n[nH]c(=O)cc21. The Morgan fingerprint density at radius 2 is 2.50 bits per heavy atom. The first kappa shape index (κ1) is 7.53. The van der Waals surface area contributed by atoms with Crippen molar-refractivity contribution in [1.29, 1.82) is 0 Å². The lowest BCUT2D eigenvalue weighted by Gasteiger charge is -2.19. The molecule has 1 heterocycles. The average molecular weight is 164 g/mol. The average Bonchev–Trinajstić information content (AvgIpc) is 2.07. The summed E-state index contributed by atoms with van der Waals surface area (Å²) < 4.78 is 0. The van der Waals surface area contributed by atoms with E-state index in [1.165, 1.54) is 12.8 Å². The standard InChI is InChI=1S/C9H12N2O/c1-6-3-2-4-8-7(6)5-9(12)11-10-8/h5-6H,2-4H2,1H3,(H,11,12). The molecule has 0 amide bonds. The molecule has 0 aliphatic heterocycles. The highest BCUT2D eigenvalue weighted by Crippen LogP contribution is 2.27. The van der Waals surface area contributed by atoms with Gasteiger partial charge in [-0.2, -0.15) is 5.10 Å². The maximum atomic E-state index is 11.0. The molecule has 0 aromatic carbocycles. The van der Waals surface area contributed by atoms with Gasteiger partial charge < -0.3 is 0 Å². The molecule has 12 heavy (non-hydrogen) atoms. The summed E-state index contributed by atoms with van der Waals surface area (Å²) in [5, 5.41) is 6.51. The van der Waals surface area contributed by atoms with Crippen molar-refractivity contribution >= 4 is 0 Å². The number of fused-ring (bicyclic) bond motifs is 1. The molecule has 2 rings (SSSR count). The summed E-state index contributed by atoms with van der Waals surface area (Å²) in [6.45, 7) is 2.15. The second kappa shape index (κ2) is 2.73. The molecule has 0 fully saturated rings. The summed E-state index contributed by atoms with van der Waals surface area (Å²) in [5.41, 5.74) is 2.14. The van der Waals surface area contributed by atoms with Gasteiger partial charge in [0.1, 0.15) is 0 Å². The van der Waals surface area contributed by atoms with Crippen molar-refractivity contribution in [3.63, 3.8) is 0 Å². The molecular weight excluding hydrogens is 152 g/mol. The van der Waals surface area contributed by atoms with E-state index in [4.69, 9.17) is 0 Å². The minimum atomic E-state index is -0.0810. The minimum Gasteiger partial charge on any atom is -0.268 e. The Kier molecular flexibility index (Phi) is 1.71. The lowest BCUT2D eigenvalue weighted by molar-refractivity contribution is 0.569. The summed E-state index contributed by atoms with van der Waals surface area (Å²) in [7, 11) is 0. The molecule has 1 aromatic rings. The Morgan fingerprint density at radius 1 is 1.67 bits per heavy atom. The second-order valence-electron chi connectivity index (χ2n) is 3.43. The zero-order valence-corrected chi connectivity index (χ0v) is 7.13. The fourth-order valence-corrected chi connectivity index (χ4v) is 1.80. The molecule has 0 saturated carbocycles. The van der Waals surface area contributed by atoms with Gasteiger partial charge in [-0.3, -0.25) is 4.79 Å². The molecule has 0 saturated heterocycles. The van der Waals surface area contributed by atoms with Gasteiger partial charge in [0.2, 0.25) is 0 Å². The van der Waals surface area contributed by atoms with Gasteiger partial charge in [-0.25, -0.2) is 5.10 Å². The Balaban J connectivity index is 2.54. The van der Waals surface area contributed by atoms with Crippen LogP contribution in [0.1, 0.15) is 36.9 Å². The molecule has 1 atom stereocenters. The summed E-state index contributed by atoms with van der Waals surface area (Å²) >= 11 is 0. The lowest BCUT2D eigenvalue weighted by atomic mass is 9.88. The molecule has 1 aromatic heterocycles. The van der Waals surface area contributed by atoms with Crippen LogP contribution in [0.5, 0.6) is 0 Å². The van der Waals surface area contributed by atoms with E-state index in [0.717, 1.165) is 17.7 Å². The van der Waals surface area contributed by atoms with Gasteiger partial charge in [0.25, 0.3) is 5.56 Å². The Bertz CT molecular complexity index is 343. The van der Waals surface area contributed by atoms with Crippen LogP contribution >= 0.6 is 0 Å². The molecule has 0 radical (unpaired) electrons. The van der Waals surface area contributed by atoms with Crippen molar-refractivity contribution in [2.24, 2.45) is 0 Å². The van der Waals surface area contributed by atoms with E-state index in [2.05, 4.69) is 17.1 Å². The first-order valence-electron chi connectivity index (χ1n) is 4.36. The lowest BCUT2D eigenvalue weighted by Crippen LogP contribution is -2.17. The van der Waals surface area contributed by atoms with Crippen LogP contribution in [0.25, 0.3) is 0 Å². The summed E-state index contributed by atoms with van der Waals surface area (Å²) in [6, 6.07) is 1.69. The van der Waals surface area contributed by atoms with Crippen molar-refractivity contribution in [2.45, 2.75) is 32.1 Å². The predicted molar refractivity (Wildman–Crippen MR) is 46.2 cm³/mol. The summed E-state index contributed by atoms with van der Waals surface area (Å²) in [6.07, 6.45) is 3.38. The normalized spacial score (nSPS) is 21.9. The van der Waals surface area contributed by atoms with Gasteiger partial charge in [-0.05, 0) is 30.7 Å². The van der Waals surface area contributed by atoms with Crippen LogP contribution in [0.15, 0.2) is 10.9 Å². The fourth-order valence-electron chi connectivity index (χ4n) is 1.80. The Morgan fingerprint density at radius 3 is 3.33 bits per heavy atom. The molecule has 1 aliphatic carbocycles. The molecule has 3 heteroatoms. The van der Waals surface area contributed by atoms with Crippen LogP contribution in [0, 0.1) is 0 Å². The number of aromatic nitrogens is 2. The number of hydrogen-bond donors (Lipinski definition) is 1.